The molecule has 3 rings (SSSR count). The van der Waals surface area contributed by atoms with E-state index in [1.54, 1.807) is 6.20 Å². The molecular formula is C17H25N5O2. The van der Waals surface area contributed by atoms with Gasteiger partial charge in [-0.1, -0.05) is 0 Å². The maximum Gasteiger partial charge on any atom is 0.228 e. The molecule has 0 unspecified atom stereocenters. The normalized spacial score (nSPS) is 25.4. The molecule has 2 aliphatic heterocycles. The van der Waals surface area contributed by atoms with E-state index in [2.05, 4.69) is 27.4 Å². The average Bonchev–Trinajstić information content (AvgIpc) is 3.10. The Morgan fingerprint density at radius 1 is 1.42 bits per heavy atom. The summed E-state index contributed by atoms with van der Waals surface area (Å²) in [6.45, 7) is 6.91. The summed E-state index contributed by atoms with van der Waals surface area (Å²) >= 11 is 0. The van der Waals surface area contributed by atoms with Crippen LogP contribution in [0.2, 0.25) is 0 Å². The third-order valence-electron chi connectivity index (χ3n) is 4.96. The van der Waals surface area contributed by atoms with Crippen LogP contribution in [-0.4, -0.2) is 64.6 Å². The van der Waals surface area contributed by atoms with Gasteiger partial charge in [0.2, 0.25) is 5.91 Å². The molecule has 3 heterocycles. The lowest BCUT2D eigenvalue weighted by Gasteiger charge is -2.38. The smallest absolute Gasteiger partial charge is 0.228 e. The van der Waals surface area contributed by atoms with Crippen LogP contribution < -0.4 is 0 Å². The fourth-order valence-corrected chi connectivity index (χ4v) is 3.59. The van der Waals surface area contributed by atoms with Gasteiger partial charge in [-0.15, -0.1) is 0 Å². The van der Waals surface area contributed by atoms with Crippen LogP contribution in [0.1, 0.15) is 31.7 Å². The number of amides is 1. The summed E-state index contributed by atoms with van der Waals surface area (Å²) in [5, 5.41) is 8.79. The molecule has 130 valence electrons. The molecule has 2 aliphatic rings. The molecule has 2 atom stereocenters. The topological polar surface area (TPSA) is 74.4 Å². The zero-order chi connectivity index (χ0) is 16.9. The van der Waals surface area contributed by atoms with Crippen molar-refractivity contribution < 1.29 is 9.53 Å². The minimum atomic E-state index is -0.252. The summed E-state index contributed by atoms with van der Waals surface area (Å²) in [6.07, 6.45) is 5.22. The summed E-state index contributed by atoms with van der Waals surface area (Å²) in [4.78, 5) is 21.5. The first-order valence-corrected chi connectivity index (χ1v) is 8.75. The van der Waals surface area contributed by atoms with Crippen molar-refractivity contribution >= 4 is 5.91 Å². The second kappa shape index (κ2) is 7.77. The second-order valence-corrected chi connectivity index (χ2v) is 6.37. The lowest BCUT2D eigenvalue weighted by atomic mass is 9.91. The summed E-state index contributed by atoms with van der Waals surface area (Å²) in [5.74, 6) is 0.870. The van der Waals surface area contributed by atoms with Crippen molar-refractivity contribution in [1.82, 2.24) is 19.4 Å². The van der Waals surface area contributed by atoms with Gasteiger partial charge in [0.05, 0.1) is 18.5 Å². The van der Waals surface area contributed by atoms with E-state index in [1.807, 2.05) is 11.1 Å². The highest BCUT2D eigenvalue weighted by Gasteiger charge is 2.38. The molecule has 0 aromatic carbocycles. The molecule has 7 heteroatoms. The Morgan fingerprint density at radius 3 is 2.92 bits per heavy atom. The van der Waals surface area contributed by atoms with Crippen molar-refractivity contribution in [3.63, 3.8) is 0 Å². The number of ether oxygens (including phenoxy) is 1. The molecule has 24 heavy (non-hydrogen) atoms. The average molecular weight is 331 g/mol. The van der Waals surface area contributed by atoms with Crippen LogP contribution in [-0.2, 0) is 16.1 Å². The first-order chi connectivity index (χ1) is 11.7. The van der Waals surface area contributed by atoms with Crippen molar-refractivity contribution in [2.75, 3.05) is 39.3 Å². The van der Waals surface area contributed by atoms with Crippen molar-refractivity contribution in [1.29, 1.82) is 5.26 Å². The van der Waals surface area contributed by atoms with Crippen LogP contribution >= 0.6 is 0 Å². The van der Waals surface area contributed by atoms with Gasteiger partial charge >= 0.3 is 0 Å². The first-order valence-electron chi connectivity index (χ1n) is 8.75. The summed E-state index contributed by atoms with van der Waals surface area (Å²) in [7, 11) is 0. The molecule has 0 radical (unpaired) electrons. The van der Waals surface area contributed by atoms with Crippen molar-refractivity contribution in [3.05, 3.63) is 18.2 Å². The highest BCUT2D eigenvalue weighted by Crippen LogP contribution is 2.34. The number of carbonyl (C=O) groups excluding carboxylic acids is 1. The van der Waals surface area contributed by atoms with Crippen LogP contribution in [0.25, 0.3) is 0 Å². The van der Waals surface area contributed by atoms with Gasteiger partial charge in [-0.25, -0.2) is 4.98 Å². The van der Waals surface area contributed by atoms with Crippen LogP contribution in [0, 0.1) is 17.2 Å². The number of hydrogen-bond acceptors (Lipinski definition) is 5. The molecular weight excluding hydrogens is 306 g/mol. The van der Waals surface area contributed by atoms with Gasteiger partial charge < -0.3 is 14.2 Å². The van der Waals surface area contributed by atoms with Crippen molar-refractivity contribution in [2.24, 2.45) is 5.92 Å². The van der Waals surface area contributed by atoms with Gasteiger partial charge in [0.1, 0.15) is 11.9 Å². The van der Waals surface area contributed by atoms with Crippen LogP contribution in [0.15, 0.2) is 12.4 Å². The lowest BCUT2D eigenvalue weighted by molar-refractivity contribution is -0.147. The van der Waals surface area contributed by atoms with Gasteiger partial charge in [0.15, 0.2) is 0 Å². The Kier molecular flexibility index (Phi) is 5.48. The SMILES string of the molecule is CCn1ccnc1[C@@H]1OCCC[C@H]1C(=O)N1CCN(CC#N)CC1. The number of piperazine rings is 1. The zero-order valence-corrected chi connectivity index (χ0v) is 14.2. The Hall–Kier alpha value is -1.91. The monoisotopic (exact) mass is 331 g/mol. The van der Waals surface area contributed by atoms with E-state index in [1.165, 1.54) is 0 Å². The molecule has 2 saturated heterocycles. The highest BCUT2D eigenvalue weighted by atomic mass is 16.5. The molecule has 1 aromatic rings. The molecule has 0 saturated carbocycles. The summed E-state index contributed by atoms with van der Waals surface area (Å²) in [5.41, 5.74) is 0. The van der Waals surface area contributed by atoms with E-state index in [9.17, 15) is 4.79 Å². The quantitative estimate of drug-likeness (QED) is 0.771. The second-order valence-electron chi connectivity index (χ2n) is 6.37. The van der Waals surface area contributed by atoms with Gasteiger partial charge in [0.25, 0.3) is 0 Å². The number of nitrogens with zero attached hydrogens (tertiary/aromatic N) is 5. The summed E-state index contributed by atoms with van der Waals surface area (Å²) < 4.78 is 8.02. The highest BCUT2D eigenvalue weighted by molar-refractivity contribution is 5.79. The van der Waals surface area contributed by atoms with E-state index in [-0.39, 0.29) is 17.9 Å². The van der Waals surface area contributed by atoms with E-state index in [4.69, 9.17) is 10.00 Å². The number of imidazole rings is 1. The predicted octanol–water partition coefficient (Wildman–Crippen LogP) is 1.04. The number of aryl methyl sites for hydroxylation is 1. The lowest BCUT2D eigenvalue weighted by Crippen LogP contribution is -2.51. The Bertz CT molecular complexity index is 600. The van der Waals surface area contributed by atoms with Gasteiger partial charge in [-0.05, 0) is 19.8 Å². The van der Waals surface area contributed by atoms with E-state index in [0.717, 1.165) is 38.3 Å². The number of hydrogen-bond donors (Lipinski definition) is 0. The molecule has 1 aromatic heterocycles. The van der Waals surface area contributed by atoms with Crippen LogP contribution in [0.3, 0.4) is 0 Å². The Labute approximate surface area is 142 Å². The van der Waals surface area contributed by atoms with Crippen LogP contribution in [0.5, 0.6) is 0 Å². The molecule has 0 bridgehead atoms. The van der Waals surface area contributed by atoms with E-state index >= 15 is 0 Å². The molecule has 7 nitrogen and oxygen atoms in total. The first kappa shape index (κ1) is 16.9. The van der Waals surface area contributed by atoms with E-state index in [0.29, 0.717) is 26.2 Å². The number of rotatable bonds is 4. The van der Waals surface area contributed by atoms with Crippen LogP contribution in [0.4, 0.5) is 0 Å². The minimum Gasteiger partial charge on any atom is -0.369 e. The number of aromatic nitrogens is 2. The fourth-order valence-electron chi connectivity index (χ4n) is 3.59. The molecule has 0 spiro atoms. The summed E-state index contributed by atoms with van der Waals surface area (Å²) in [6, 6.07) is 2.17. The predicted molar refractivity (Wildman–Crippen MR) is 88.0 cm³/mol. The van der Waals surface area contributed by atoms with Gasteiger partial charge in [-0.2, -0.15) is 5.26 Å². The molecule has 2 fully saturated rings. The maximum absolute atomic E-state index is 13.0. The minimum absolute atomic E-state index is 0.158. The Balaban J connectivity index is 1.69. The van der Waals surface area contributed by atoms with E-state index < -0.39 is 0 Å². The zero-order valence-electron chi connectivity index (χ0n) is 14.2. The largest absolute Gasteiger partial charge is 0.369 e. The van der Waals surface area contributed by atoms with Gasteiger partial charge in [0, 0.05) is 51.7 Å². The molecule has 1 amide bonds. The Morgan fingerprint density at radius 2 is 2.21 bits per heavy atom. The molecule has 0 N–H and O–H groups in total. The third kappa shape index (κ3) is 3.45. The van der Waals surface area contributed by atoms with Gasteiger partial charge in [-0.3, -0.25) is 9.69 Å². The maximum atomic E-state index is 13.0. The van der Waals surface area contributed by atoms with Crippen molar-refractivity contribution in [3.8, 4) is 6.07 Å². The standard InChI is InChI=1S/C17H25N5O2/c1-2-21-8-6-19-16(21)15-14(4-3-13-24-15)17(23)22-11-9-20(7-5-18)10-12-22/h6,8,14-15H,2-4,7,9-13H2,1H3/t14-,15-/m1/s1. The van der Waals surface area contributed by atoms with Crippen molar-refractivity contribution in [2.45, 2.75) is 32.4 Å². The number of nitriles is 1. The number of carbonyl (C=O) groups is 1. The molecule has 0 aliphatic carbocycles. The third-order valence-corrected chi connectivity index (χ3v) is 4.96. The fraction of sp³-hybridized carbons (Fsp3) is 0.706.